The van der Waals surface area contributed by atoms with Crippen LogP contribution in [0.25, 0.3) is 0 Å². The van der Waals surface area contributed by atoms with Crippen LogP contribution in [0.5, 0.6) is 0 Å². The Morgan fingerprint density at radius 2 is 1.93 bits per heavy atom. The van der Waals surface area contributed by atoms with Crippen LogP contribution in [0, 0.1) is 0 Å². The second kappa shape index (κ2) is 8.44. The number of nitrogens with one attached hydrogen (secondary N) is 1. The van der Waals surface area contributed by atoms with Crippen molar-refractivity contribution in [2.75, 3.05) is 18.5 Å². The maximum Gasteiger partial charge on any atom is 0.339 e. The van der Waals surface area contributed by atoms with Crippen LogP contribution in [0.4, 0.5) is 5.69 Å². The zero-order valence-electron chi connectivity index (χ0n) is 16.9. The molecule has 0 fully saturated rings. The van der Waals surface area contributed by atoms with Crippen LogP contribution in [0.15, 0.2) is 59.6 Å². The van der Waals surface area contributed by atoms with Gasteiger partial charge in [-0.05, 0) is 19.4 Å². The Kier molecular flexibility index (Phi) is 5.96. The van der Waals surface area contributed by atoms with Crippen LogP contribution >= 0.6 is 0 Å². The van der Waals surface area contributed by atoms with Crippen molar-refractivity contribution in [2.24, 2.45) is 5.73 Å². The van der Waals surface area contributed by atoms with Gasteiger partial charge in [0.15, 0.2) is 5.41 Å². The van der Waals surface area contributed by atoms with Gasteiger partial charge in [0.2, 0.25) is 0 Å². The highest BCUT2D eigenvalue weighted by Gasteiger charge is 2.62. The summed E-state index contributed by atoms with van der Waals surface area (Å²) in [7, 11) is 0. The molecule has 0 bridgehead atoms. The predicted molar refractivity (Wildman–Crippen MR) is 109 cm³/mol. The highest BCUT2D eigenvalue weighted by atomic mass is 16.6. The maximum absolute atomic E-state index is 13.3. The lowest BCUT2D eigenvalue weighted by Gasteiger charge is -2.35. The smallest absolute Gasteiger partial charge is 0.339 e. The Bertz CT molecular complexity index is 978. The summed E-state index contributed by atoms with van der Waals surface area (Å²) in [6, 6.07) is 6.76. The van der Waals surface area contributed by atoms with Crippen molar-refractivity contribution in [2.45, 2.75) is 32.1 Å². The van der Waals surface area contributed by atoms with E-state index < -0.39 is 23.3 Å². The van der Waals surface area contributed by atoms with Crippen LogP contribution in [0.1, 0.15) is 32.3 Å². The number of cyclic esters (lactones) is 1. The van der Waals surface area contributed by atoms with Crippen LogP contribution in [-0.4, -0.2) is 31.1 Å². The van der Waals surface area contributed by atoms with Crippen molar-refractivity contribution in [3.8, 4) is 0 Å². The minimum Gasteiger partial charge on any atom is -0.462 e. The van der Waals surface area contributed by atoms with Gasteiger partial charge in [0.1, 0.15) is 29.3 Å². The molecule has 1 atom stereocenters. The number of anilines is 1. The van der Waals surface area contributed by atoms with Crippen molar-refractivity contribution >= 4 is 23.6 Å². The van der Waals surface area contributed by atoms with Crippen molar-refractivity contribution in [3.63, 3.8) is 0 Å². The molecule has 2 aliphatic rings. The first-order valence-electron chi connectivity index (χ1n) is 9.65. The van der Waals surface area contributed by atoms with E-state index in [-0.39, 0.29) is 35.9 Å². The zero-order chi connectivity index (χ0) is 21.9. The number of nitrogens with two attached hydrogens (primary N) is 1. The fraction of sp³-hybridized carbons (Fsp3) is 0.318. The number of fused-ring (bicyclic) bond motifs is 2. The highest BCUT2D eigenvalue weighted by Crippen LogP contribution is 2.52. The normalized spacial score (nSPS) is 19.9. The summed E-state index contributed by atoms with van der Waals surface area (Å²) < 4.78 is 16.0. The standard InChI is InChI=1S/C22H24N2O6/c1-4-6-12-29-20(26)17-18(23)24-15-10-8-7-9-14(15)22(17)16(13(3)30-21(22)27)19(25)28-11-5-2/h5,7-10,24H,2,4,6,11-12,23H2,1,3H3. The Labute approximate surface area is 174 Å². The first-order valence-corrected chi connectivity index (χ1v) is 9.65. The molecule has 1 aromatic rings. The number of ether oxygens (including phenoxy) is 3. The SMILES string of the molecule is C=CCOC(=O)C1=C(C)OC(=O)C12C(C(=O)OCCCC)=C(N)Nc1ccccc12. The van der Waals surface area contributed by atoms with Gasteiger partial charge < -0.3 is 25.3 Å². The molecule has 0 saturated carbocycles. The fourth-order valence-corrected chi connectivity index (χ4v) is 3.72. The Morgan fingerprint density at radius 3 is 2.63 bits per heavy atom. The molecular formula is C22H24N2O6. The van der Waals surface area contributed by atoms with Crippen LogP contribution < -0.4 is 11.1 Å². The van der Waals surface area contributed by atoms with E-state index in [9.17, 15) is 14.4 Å². The third-order valence-corrected chi connectivity index (χ3v) is 5.00. The Balaban J connectivity index is 2.24. The lowest BCUT2D eigenvalue weighted by atomic mass is 9.67. The quantitative estimate of drug-likeness (QED) is 0.304. The summed E-state index contributed by atoms with van der Waals surface area (Å²) in [5, 5.41) is 2.93. The van der Waals surface area contributed by atoms with Gasteiger partial charge in [0, 0.05) is 11.3 Å². The van der Waals surface area contributed by atoms with E-state index >= 15 is 0 Å². The largest absolute Gasteiger partial charge is 0.462 e. The van der Waals surface area contributed by atoms with Gasteiger partial charge in [0.05, 0.1) is 6.61 Å². The predicted octanol–water partition coefficient (Wildman–Crippen LogP) is 2.42. The third kappa shape index (κ3) is 3.24. The van der Waals surface area contributed by atoms with E-state index in [4.69, 9.17) is 19.9 Å². The topological polar surface area (TPSA) is 117 Å². The lowest BCUT2D eigenvalue weighted by Crippen LogP contribution is -2.47. The number of esters is 3. The van der Waals surface area contributed by atoms with E-state index in [1.165, 1.54) is 13.0 Å². The molecule has 0 amide bonds. The molecule has 2 heterocycles. The number of carbonyl (C=O) groups excluding carboxylic acids is 3. The summed E-state index contributed by atoms with van der Waals surface area (Å²) >= 11 is 0. The van der Waals surface area contributed by atoms with E-state index in [0.717, 1.165) is 6.42 Å². The van der Waals surface area contributed by atoms with Crippen molar-refractivity contribution in [3.05, 3.63) is 65.2 Å². The Morgan fingerprint density at radius 1 is 1.23 bits per heavy atom. The number of hydrogen-bond donors (Lipinski definition) is 2. The molecule has 8 nitrogen and oxygen atoms in total. The summed E-state index contributed by atoms with van der Waals surface area (Å²) in [5.41, 5.74) is 4.84. The van der Waals surface area contributed by atoms with Gasteiger partial charge in [-0.15, -0.1) is 0 Å². The van der Waals surface area contributed by atoms with E-state index in [2.05, 4.69) is 11.9 Å². The van der Waals surface area contributed by atoms with E-state index in [1.807, 2.05) is 6.92 Å². The lowest BCUT2D eigenvalue weighted by molar-refractivity contribution is -0.147. The molecule has 3 N–H and O–H groups in total. The molecule has 0 aliphatic carbocycles. The molecule has 2 aliphatic heterocycles. The second-order valence-electron chi connectivity index (χ2n) is 6.91. The van der Waals surface area contributed by atoms with E-state index in [0.29, 0.717) is 17.7 Å². The molecule has 3 rings (SSSR count). The molecule has 0 aromatic heterocycles. The summed E-state index contributed by atoms with van der Waals surface area (Å²) in [6.07, 6.45) is 2.86. The molecule has 1 aromatic carbocycles. The molecule has 158 valence electrons. The van der Waals surface area contributed by atoms with Crippen LogP contribution in [0.3, 0.4) is 0 Å². The number of rotatable bonds is 7. The minimum atomic E-state index is -1.89. The first kappa shape index (κ1) is 21.2. The first-order chi connectivity index (χ1) is 14.4. The molecular weight excluding hydrogens is 388 g/mol. The number of hydrogen-bond acceptors (Lipinski definition) is 8. The number of para-hydroxylation sites is 1. The van der Waals surface area contributed by atoms with Crippen molar-refractivity contribution < 1.29 is 28.6 Å². The number of benzene rings is 1. The molecule has 1 spiro atoms. The average molecular weight is 412 g/mol. The minimum absolute atomic E-state index is 0.0393. The summed E-state index contributed by atoms with van der Waals surface area (Å²) in [5.74, 6) is -2.47. The van der Waals surface area contributed by atoms with Crippen LogP contribution in [0.2, 0.25) is 0 Å². The second-order valence-corrected chi connectivity index (χ2v) is 6.91. The fourth-order valence-electron chi connectivity index (χ4n) is 3.72. The van der Waals surface area contributed by atoms with Crippen molar-refractivity contribution in [1.29, 1.82) is 0 Å². The van der Waals surface area contributed by atoms with Gasteiger partial charge >= 0.3 is 17.9 Å². The molecule has 8 heteroatoms. The molecule has 0 radical (unpaired) electrons. The zero-order valence-corrected chi connectivity index (χ0v) is 16.9. The maximum atomic E-state index is 13.3. The average Bonchev–Trinajstić information content (AvgIpc) is 2.96. The van der Waals surface area contributed by atoms with Gasteiger partial charge in [0.25, 0.3) is 0 Å². The van der Waals surface area contributed by atoms with Gasteiger partial charge in [-0.2, -0.15) is 0 Å². The van der Waals surface area contributed by atoms with Gasteiger partial charge in [-0.1, -0.05) is 44.2 Å². The monoisotopic (exact) mass is 412 g/mol. The van der Waals surface area contributed by atoms with Crippen LogP contribution in [-0.2, 0) is 34.0 Å². The number of carbonyl (C=O) groups is 3. The third-order valence-electron chi connectivity index (χ3n) is 5.00. The molecule has 30 heavy (non-hydrogen) atoms. The Hall–Kier alpha value is -3.55. The summed E-state index contributed by atoms with van der Waals surface area (Å²) in [6.45, 7) is 7.03. The highest BCUT2D eigenvalue weighted by molar-refractivity contribution is 6.15. The van der Waals surface area contributed by atoms with Gasteiger partial charge in [-0.3, -0.25) is 0 Å². The molecule has 0 saturated heterocycles. The van der Waals surface area contributed by atoms with Gasteiger partial charge in [-0.25, -0.2) is 14.4 Å². The molecule has 1 unspecified atom stereocenters. The summed E-state index contributed by atoms with van der Waals surface area (Å²) in [4.78, 5) is 39.4. The van der Waals surface area contributed by atoms with E-state index in [1.54, 1.807) is 24.3 Å². The number of unbranched alkanes of at least 4 members (excludes halogenated alkanes) is 1. The van der Waals surface area contributed by atoms with Crippen molar-refractivity contribution in [1.82, 2.24) is 0 Å². The number of allylic oxidation sites excluding steroid dienone is 1.